The molecule has 102 valence electrons. The molecule has 1 N–H and O–H groups in total. The molecule has 1 atom stereocenters. The largest absolute Gasteiger partial charge is 0.366 e. The molecule has 0 spiro atoms. The maximum atomic E-state index is 9.70. The molecule has 1 saturated heterocycles. The van der Waals surface area contributed by atoms with Gasteiger partial charge in [0.05, 0.1) is 11.1 Å². The predicted molar refractivity (Wildman–Crippen MR) is 86.8 cm³/mol. The van der Waals surface area contributed by atoms with Gasteiger partial charge in [-0.05, 0) is 46.3 Å². The Labute approximate surface area is 132 Å². The number of hydrogen-bond acceptors (Lipinski definition) is 3. The normalized spacial score (nSPS) is 25.6. The van der Waals surface area contributed by atoms with Crippen LogP contribution in [0.3, 0.4) is 0 Å². The molecule has 0 amide bonds. The van der Waals surface area contributed by atoms with Gasteiger partial charge >= 0.3 is 0 Å². The van der Waals surface area contributed by atoms with Crippen molar-refractivity contribution in [1.82, 2.24) is 0 Å². The number of hydrogen-bond donors (Lipinski definition) is 1. The van der Waals surface area contributed by atoms with Crippen LogP contribution in [0.4, 0.5) is 5.69 Å². The van der Waals surface area contributed by atoms with Crippen molar-refractivity contribution in [3.05, 3.63) is 27.7 Å². The Morgan fingerprint density at radius 2 is 2.21 bits per heavy atom. The molecule has 1 aromatic rings. The highest BCUT2D eigenvalue weighted by molar-refractivity contribution is 9.10. The monoisotopic (exact) mass is 358 g/mol. The minimum Gasteiger partial charge on any atom is -0.366 e. The van der Waals surface area contributed by atoms with Crippen molar-refractivity contribution in [1.29, 1.82) is 5.26 Å². The zero-order chi connectivity index (χ0) is 14.1. The van der Waals surface area contributed by atoms with Crippen molar-refractivity contribution in [3.63, 3.8) is 0 Å². The molecule has 2 nitrogen and oxygen atoms in total. The summed E-state index contributed by atoms with van der Waals surface area (Å²) in [5.74, 6) is 1.92. The van der Waals surface area contributed by atoms with Crippen molar-refractivity contribution in [2.45, 2.75) is 25.8 Å². The van der Waals surface area contributed by atoms with Crippen molar-refractivity contribution < 1.29 is 0 Å². The number of anilines is 1. The number of thioether (sulfide) groups is 1. The van der Waals surface area contributed by atoms with Crippen LogP contribution in [0.1, 0.15) is 20.3 Å². The molecule has 0 aromatic heterocycles. The van der Waals surface area contributed by atoms with Gasteiger partial charge in [0.15, 0.2) is 0 Å². The molecule has 0 radical (unpaired) electrons. The zero-order valence-electron chi connectivity index (χ0n) is 11.0. The van der Waals surface area contributed by atoms with Crippen LogP contribution in [-0.4, -0.2) is 17.0 Å². The molecule has 0 aliphatic carbocycles. The number of rotatable bonds is 2. The Bertz CT molecular complexity index is 527. The van der Waals surface area contributed by atoms with Gasteiger partial charge in [-0.3, -0.25) is 0 Å². The van der Waals surface area contributed by atoms with Crippen LogP contribution in [0.25, 0.3) is 0 Å². The molecule has 19 heavy (non-hydrogen) atoms. The van der Waals surface area contributed by atoms with E-state index in [1.807, 2.05) is 30.0 Å². The van der Waals surface area contributed by atoms with E-state index in [0.717, 1.165) is 28.1 Å². The van der Waals surface area contributed by atoms with Crippen LogP contribution >= 0.6 is 39.3 Å². The summed E-state index contributed by atoms with van der Waals surface area (Å²) in [6.45, 7) is 4.32. The van der Waals surface area contributed by atoms with Crippen LogP contribution in [0, 0.1) is 16.7 Å². The number of nitrogens with one attached hydrogen (secondary N) is 1. The molecule has 1 aromatic carbocycles. The van der Waals surface area contributed by atoms with E-state index < -0.39 is 5.54 Å². The second kappa shape index (κ2) is 5.55. The fourth-order valence-electron chi connectivity index (χ4n) is 2.20. The zero-order valence-corrected chi connectivity index (χ0v) is 14.1. The summed E-state index contributed by atoms with van der Waals surface area (Å²) in [6.07, 6.45) is 1.03. The van der Waals surface area contributed by atoms with Gasteiger partial charge in [-0.15, -0.1) is 0 Å². The molecule has 0 saturated carbocycles. The standard InChI is InChI=1S/C14H16BrClN2S/c1-13(2)5-6-19-9-14(13,8-17)18-10-3-4-12(16)11(15)7-10/h3-4,7,18H,5-6,9H2,1-2H3. The van der Waals surface area contributed by atoms with Crippen LogP contribution in [0.15, 0.2) is 22.7 Å². The molecule has 1 aliphatic rings. The highest BCUT2D eigenvalue weighted by Crippen LogP contribution is 2.44. The van der Waals surface area contributed by atoms with E-state index in [1.54, 1.807) is 0 Å². The SMILES string of the molecule is CC1(C)CCSCC1(C#N)Nc1ccc(Cl)c(Br)c1. The molecular weight excluding hydrogens is 344 g/mol. The summed E-state index contributed by atoms with van der Waals surface area (Å²) in [5.41, 5.74) is 0.330. The average molecular weight is 360 g/mol. The lowest BCUT2D eigenvalue weighted by Crippen LogP contribution is -2.54. The lowest BCUT2D eigenvalue weighted by Gasteiger charge is -2.46. The Morgan fingerprint density at radius 3 is 2.79 bits per heavy atom. The Morgan fingerprint density at radius 1 is 1.47 bits per heavy atom. The highest BCUT2D eigenvalue weighted by atomic mass is 79.9. The first-order chi connectivity index (χ1) is 8.90. The molecule has 1 heterocycles. The summed E-state index contributed by atoms with van der Waals surface area (Å²) in [5, 5.41) is 13.8. The number of nitrogens with zero attached hydrogens (tertiary/aromatic N) is 1. The van der Waals surface area contributed by atoms with Gasteiger partial charge in [0.25, 0.3) is 0 Å². The summed E-state index contributed by atoms with van der Waals surface area (Å²) >= 11 is 11.3. The predicted octanol–water partition coefficient (Wildman–Crippen LogP) is 4.94. The van der Waals surface area contributed by atoms with Crippen molar-refractivity contribution >= 4 is 45.0 Å². The topological polar surface area (TPSA) is 35.8 Å². The number of halogens is 2. The van der Waals surface area contributed by atoms with Crippen LogP contribution < -0.4 is 5.32 Å². The maximum Gasteiger partial charge on any atom is 0.139 e. The van der Waals surface area contributed by atoms with Gasteiger partial charge in [0, 0.05) is 21.3 Å². The number of benzene rings is 1. The molecule has 1 unspecified atom stereocenters. The van der Waals surface area contributed by atoms with E-state index in [-0.39, 0.29) is 5.41 Å². The van der Waals surface area contributed by atoms with Gasteiger partial charge < -0.3 is 5.32 Å². The van der Waals surface area contributed by atoms with Crippen LogP contribution in [0.5, 0.6) is 0 Å². The molecule has 0 bridgehead atoms. The average Bonchev–Trinajstić information content (AvgIpc) is 2.36. The molecule has 5 heteroatoms. The van der Waals surface area contributed by atoms with E-state index >= 15 is 0 Å². The second-order valence-electron chi connectivity index (χ2n) is 5.46. The first-order valence-electron chi connectivity index (χ1n) is 6.12. The molecule has 1 fully saturated rings. The summed E-state index contributed by atoms with van der Waals surface area (Å²) in [6, 6.07) is 8.19. The van der Waals surface area contributed by atoms with Gasteiger partial charge in [-0.1, -0.05) is 25.4 Å². The molecule has 1 aliphatic heterocycles. The minimum absolute atomic E-state index is 0.0564. The Kier molecular flexibility index (Phi) is 4.39. The van der Waals surface area contributed by atoms with Crippen molar-refractivity contribution in [2.75, 3.05) is 16.8 Å². The first kappa shape index (κ1) is 15.0. The number of nitriles is 1. The quantitative estimate of drug-likeness (QED) is 0.812. The molecule has 2 rings (SSSR count). The van der Waals surface area contributed by atoms with Crippen molar-refractivity contribution in [2.24, 2.45) is 5.41 Å². The lowest BCUT2D eigenvalue weighted by molar-refractivity contribution is 0.248. The van der Waals surface area contributed by atoms with E-state index in [0.29, 0.717) is 5.02 Å². The van der Waals surface area contributed by atoms with Gasteiger partial charge in [-0.25, -0.2) is 0 Å². The fourth-order valence-corrected chi connectivity index (χ4v) is 4.33. The van der Waals surface area contributed by atoms with E-state index in [9.17, 15) is 5.26 Å². The van der Waals surface area contributed by atoms with E-state index in [1.165, 1.54) is 0 Å². The van der Waals surface area contributed by atoms with Gasteiger partial charge in [0.2, 0.25) is 0 Å². The van der Waals surface area contributed by atoms with Gasteiger partial charge in [0.1, 0.15) is 5.54 Å². The lowest BCUT2D eigenvalue weighted by atomic mass is 9.71. The minimum atomic E-state index is -0.539. The Balaban J connectivity index is 2.32. The third-order valence-corrected chi connectivity index (χ3v) is 6.16. The highest BCUT2D eigenvalue weighted by Gasteiger charge is 2.47. The first-order valence-corrected chi connectivity index (χ1v) is 8.45. The fraction of sp³-hybridized carbons (Fsp3) is 0.500. The smallest absolute Gasteiger partial charge is 0.139 e. The van der Waals surface area contributed by atoms with Crippen molar-refractivity contribution in [3.8, 4) is 6.07 Å². The molecular formula is C14H16BrClN2S. The summed E-state index contributed by atoms with van der Waals surface area (Å²) in [7, 11) is 0. The van der Waals surface area contributed by atoms with Crippen LogP contribution in [-0.2, 0) is 0 Å². The third-order valence-electron chi connectivity index (χ3n) is 3.81. The van der Waals surface area contributed by atoms with Gasteiger partial charge in [-0.2, -0.15) is 17.0 Å². The summed E-state index contributed by atoms with van der Waals surface area (Å²) in [4.78, 5) is 0. The second-order valence-corrected chi connectivity index (χ2v) is 7.82. The summed E-state index contributed by atoms with van der Waals surface area (Å²) < 4.78 is 0.841. The van der Waals surface area contributed by atoms with E-state index in [2.05, 4.69) is 41.2 Å². The Hall–Kier alpha value is -0.370. The third kappa shape index (κ3) is 2.89. The van der Waals surface area contributed by atoms with E-state index in [4.69, 9.17) is 11.6 Å². The maximum absolute atomic E-state index is 9.70. The van der Waals surface area contributed by atoms with Crippen LogP contribution in [0.2, 0.25) is 5.02 Å².